The topological polar surface area (TPSA) is 84.2 Å². The normalized spacial score (nSPS) is 21.8. The van der Waals surface area contributed by atoms with Crippen LogP contribution in [0.2, 0.25) is 5.02 Å². The first-order valence-corrected chi connectivity index (χ1v) is 12.8. The average Bonchev–Trinajstić information content (AvgIpc) is 3.64. The summed E-state index contributed by atoms with van der Waals surface area (Å²) >= 11 is 6.67. The van der Waals surface area contributed by atoms with Crippen LogP contribution < -0.4 is 10.9 Å². The molecule has 2 aromatic heterocycles. The standard InChI is InChI=1S/C30H25ClFN3O3/c1-15-14-33-24(18-6-9-23-25(11-18)34-29(37)30(23,3)38)13-26(15)35-16(2)10-22(27(31)28(35)36)21-12-20(21)17-4-7-19(32)8-5-17/h4-11,13-14,20-21,38H,12H2,1-3H3,(H,34,37)/t20-,21+,30?/m1/s1. The molecule has 38 heavy (non-hydrogen) atoms. The van der Waals surface area contributed by atoms with E-state index >= 15 is 0 Å². The van der Waals surface area contributed by atoms with Gasteiger partial charge in [0, 0.05) is 28.7 Å². The van der Waals surface area contributed by atoms with Gasteiger partial charge in [-0.1, -0.05) is 35.9 Å². The van der Waals surface area contributed by atoms with Gasteiger partial charge in [-0.3, -0.25) is 19.1 Å². The monoisotopic (exact) mass is 529 g/mol. The molecule has 4 aromatic rings. The lowest BCUT2D eigenvalue weighted by atomic mass is 9.96. The van der Waals surface area contributed by atoms with Crippen molar-refractivity contribution in [2.24, 2.45) is 0 Å². The van der Waals surface area contributed by atoms with Crippen molar-refractivity contribution in [1.82, 2.24) is 9.55 Å². The summed E-state index contributed by atoms with van der Waals surface area (Å²) in [6, 6.07) is 15.5. The number of rotatable bonds is 4. The molecule has 0 saturated heterocycles. The van der Waals surface area contributed by atoms with E-state index in [0.717, 1.165) is 34.4 Å². The molecule has 0 radical (unpaired) electrons. The summed E-state index contributed by atoms with van der Waals surface area (Å²) in [7, 11) is 0. The van der Waals surface area contributed by atoms with Gasteiger partial charge in [0.1, 0.15) is 10.8 Å². The summed E-state index contributed by atoms with van der Waals surface area (Å²) in [5.41, 5.74) is 4.55. The van der Waals surface area contributed by atoms with E-state index in [0.29, 0.717) is 22.6 Å². The smallest absolute Gasteiger partial charge is 0.274 e. The molecule has 2 aromatic carbocycles. The molecule has 1 fully saturated rings. The quantitative estimate of drug-likeness (QED) is 0.353. The summed E-state index contributed by atoms with van der Waals surface area (Å²) in [5, 5.41) is 13.4. The van der Waals surface area contributed by atoms with Gasteiger partial charge in [-0.05, 0) is 86.1 Å². The van der Waals surface area contributed by atoms with Gasteiger partial charge >= 0.3 is 0 Å². The molecule has 1 amide bonds. The Bertz CT molecular complexity index is 1690. The molecule has 6 rings (SSSR count). The van der Waals surface area contributed by atoms with E-state index in [9.17, 15) is 19.1 Å². The molecule has 1 aliphatic heterocycles. The number of aromatic nitrogens is 2. The van der Waals surface area contributed by atoms with E-state index in [4.69, 9.17) is 11.6 Å². The van der Waals surface area contributed by atoms with Crippen LogP contribution in [-0.2, 0) is 10.4 Å². The number of halogens is 2. The maximum absolute atomic E-state index is 13.6. The van der Waals surface area contributed by atoms with Gasteiger partial charge in [0.2, 0.25) is 0 Å². The maximum atomic E-state index is 13.6. The number of benzene rings is 2. The third-order valence-corrected chi connectivity index (χ3v) is 8.08. The second kappa shape index (κ2) is 8.61. The van der Waals surface area contributed by atoms with Crippen molar-refractivity contribution in [2.75, 3.05) is 5.32 Å². The van der Waals surface area contributed by atoms with E-state index in [-0.39, 0.29) is 28.2 Å². The number of carbonyl (C=O) groups is 1. The van der Waals surface area contributed by atoms with Crippen molar-refractivity contribution in [1.29, 1.82) is 0 Å². The Morgan fingerprint density at radius 1 is 1.08 bits per heavy atom. The van der Waals surface area contributed by atoms with E-state index < -0.39 is 11.5 Å². The van der Waals surface area contributed by atoms with Crippen LogP contribution in [0.4, 0.5) is 10.1 Å². The van der Waals surface area contributed by atoms with Crippen molar-refractivity contribution in [3.63, 3.8) is 0 Å². The molecular formula is C30H25ClFN3O3. The highest BCUT2D eigenvalue weighted by atomic mass is 35.5. The Kier molecular flexibility index (Phi) is 5.56. The van der Waals surface area contributed by atoms with Gasteiger partial charge in [-0.2, -0.15) is 0 Å². The van der Waals surface area contributed by atoms with Crippen LogP contribution in [0.3, 0.4) is 0 Å². The Balaban J connectivity index is 1.37. The Labute approximate surface area is 223 Å². The number of nitrogens with zero attached hydrogens (tertiary/aromatic N) is 2. The molecule has 8 heteroatoms. The summed E-state index contributed by atoms with van der Waals surface area (Å²) in [4.78, 5) is 30.3. The summed E-state index contributed by atoms with van der Waals surface area (Å²) in [5.74, 6) is -0.428. The van der Waals surface area contributed by atoms with Crippen LogP contribution in [0, 0.1) is 19.7 Å². The van der Waals surface area contributed by atoms with Crippen LogP contribution in [-0.4, -0.2) is 20.6 Å². The third-order valence-electron chi connectivity index (χ3n) is 7.70. The predicted octanol–water partition coefficient (Wildman–Crippen LogP) is 5.74. The van der Waals surface area contributed by atoms with Crippen LogP contribution >= 0.6 is 11.6 Å². The van der Waals surface area contributed by atoms with Gasteiger partial charge in [-0.25, -0.2) is 4.39 Å². The molecule has 1 aliphatic carbocycles. The second-order valence-electron chi connectivity index (χ2n) is 10.3. The highest BCUT2D eigenvalue weighted by Gasteiger charge is 2.42. The van der Waals surface area contributed by atoms with E-state index in [1.165, 1.54) is 19.1 Å². The number of aliphatic hydroxyl groups is 1. The minimum Gasteiger partial charge on any atom is -0.375 e. The Hall–Kier alpha value is -3.81. The number of hydrogen-bond acceptors (Lipinski definition) is 4. The first kappa shape index (κ1) is 24.5. The van der Waals surface area contributed by atoms with Crippen molar-refractivity contribution >= 4 is 23.2 Å². The highest BCUT2D eigenvalue weighted by molar-refractivity contribution is 6.31. The van der Waals surface area contributed by atoms with Gasteiger partial charge < -0.3 is 10.4 Å². The number of carbonyl (C=O) groups excluding carboxylic acids is 1. The number of fused-ring (bicyclic) bond motifs is 1. The zero-order valence-corrected chi connectivity index (χ0v) is 21.8. The molecule has 1 unspecified atom stereocenters. The zero-order valence-electron chi connectivity index (χ0n) is 21.0. The lowest BCUT2D eigenvalue weighted by molar-refractivity contribution is -0.131. The van der Waals surface area contributed by atoms with E-state index in [2.05, 4.69) is 10.3 Å². The van der Waals surface area contributed by atoms with Crippen molar-refractivity contribution in [3.05, 3.63) is 110 Å². The molecular weight excluding hydrogens is 505 g/mol. The van der Waals surface area contributed by atoms with Gasteiger partial charge in [0.15, 0.2) is 5.60 Å². The number of anilines is 1. The number of amides is 1. The molecule has 1 saturated carbocycles. The summed E-state index contributed by atoms with van der Waals surface area (Å²) in [6.07, 6.45) is 2.56. The first-order valence-electron chi connectivity index (χ1n) is 12.4. The second-order valence-corrected chi connectivity index (χ2v) is 10.7. The van der Waals surface area contributed by atoms with Gasteiger partial charge in [0.25, 0.3) is 11.5 Å². The van der Waals surface area contributed by atoms with Crippen molar-refractivity contribution < 1.29 is 14.3 Å². The summed E-state index contributed by atoms with van der Waals surface area (Å²) < 4.78 is 14.9. The average molecular weight is 530 g/mol. The summed E-state index contributed by atoms with van der Waals surface area (Å²) in [6.45, 7) is 5.22. The van der Waals surface area contributed by atoms with Gasteiger partial charge in [0.05, 0.1) is 11.4 Å². The zero-order chi connectivity index (χ0) is 26.9. The number of pyridine rings is 2. The molecule has 0 bridgehead atoms. The molecule has 192 valence electrons. The fourth-order valence-electron chi connectivity index (χ4n) is 5.43. The molecule has 0 spiro atoms. The third kappa shape index (κ3) is 3.85. The molecule has 3 atom stereocenters. The van der Waals surface area contributed by atoms with Crippen molar-refractivity contribution in [2.45, 2.75) is 44.6 Å². The minimum atomic E-state index is -1.58. The Morgan fingerprint density at radius 2 is 1.82 bits per heavy atom. The molecule has 2 N–H and O–H groups in total. The van der Waals surface area contributed by atoms with Crippen LogP contribution in [0.25, 0.3) is 16.9 Å². The SMILES string of the molecule is Cc1cnc(-c2ccc3c(c2)NC(=O)C3(C)O)cc1-n1c(C)cc([C@H]2C[C@@H]2c2ccc(F)cc2)c(Cl)c1=O. The van der Waals surface area contributed by atoms with Crippen molar-refractivity contribution in [3.8, 4) is 16.9 Å². The van der Waals surface area contributed by atoms with E-state index in [1.807, 2.05) is 26.0 Å². The Morgan fingerprint density at radius 3 is 2.55 bits per heavy atom. The first-order chi connectivity index (χ1) is 18.1. The minimum absolute atomic E-state index is 0.113. The van der Waals surface area contributed by atoms with Gasteiger partial charge in [-0.15, -0.1) is 0 Å². The lowest BCUT2D eigenvalue weighted by Gasteiger charge is -2.17. The molecule has 6 nitrogen and oxygen atoms in total. The van der Waals surface area contributed by atoms with Crippen LogP contribution in [0.5, 0.6) is 0 Å². The maximum Gasteiger partial charge on any atom is 0.274 e. The largest absolute Gasteiger partial charge is 0.375 e. The molecule has 2 aliphatic rings. The highest BCUT2D eigenvalue weighted by Crippen LogP contribution is 2.55. The van der Waals surface area contributed by atoms with Crippen LogP contribution in [0.1, 0.15) is 53.1 Å². The fourth-order valence-corrected chi connectivity index (χ4v) is 5.71. The lowest BCUT2D eigenvalue weighted by Crippen LogP contribution is -2.30. The fraction of sp³-hybridized carbons (Fsp3) is 0.233. The number of hydrogen-bond donors (Lipinski definition) is 2. The predicted molar refractivity (Wildman–Crippen MR) is 144 cm³/mol. The molecule has 3 heterocycles. The van der Waals surface area contributed by atoms with E-state index in [1.54, 1.807) is 41.1 Å². The number of nitrogens with one attached hydrogen (secondary N) is 1. The van der Waals surface area contributed by atoms with Crippen LogP contribution in [0.15, 0.2) is 65.6 Å². The number of aryl methyl sites for hydroxylation is 2.